The number of carbonyl (C=O) groups is 1. The molecule has 0 bridgehead atoms. The zero-order valence-corrected chi connectivity index (χ0v) is 20.6. The van der Waals surface area contributed by atoms with Gasteiger partial charge < -0.3 is 24.6 Å². The van der Waals surface area contributed by atoms with Crippen molar-refractivity contribution < 1.29 is 18.7 Å². The Labute approximate surface area is 208 Å². The van der Waals surface area contributed by atoms with Crippen LogP contribution < -0.4 is 19.7 Å². The summed E-state index contributed by atoms with van der Waals surface area (Å²) in [6, 6.07) is 3.06. The van der Waals surface area contributed by atoms with E-state index in [1.807, 2.05) is 37.3 Å². The van der Waals surface area contributed by atoms with Gasteiger partial charge in [0.1, 0.15) is 17.6 Å². The molecule has 1 saturated heterocycles. The van der Waals surface area contributed by atoms with Crippen molar-refractivity contribution in [2.24, 2.45) is 7.05 Å². The van der Waals surface area contributed by atoms with Gasteiger partial charge in [0.05, 0.1) is 38.0 Å². The fraction of sp³-hybridized carbons (Fsp3) is 0.360. The number of ether oxygens (including phenoxy) is 2. The molecule has 1 aromatic carbocycles. The Morgan fingerprint density at radius 1 is 1.19 bits per heavy atom. The summed E-state index contributed by atoms with van der Waals surface area (Å²) in [5.41, 5.74) is 2.42. The zero-order chi connectivity index (χ0) is 25.4. The second-order valence-corrected chi connectivity index (χ2v) is 8.86. The fourth-order valence-corrected chi connectivity index (χ4v) is 4.56. The number of likely N-dealkylation sites (N-methyl/N-ethyl adjacent to an activating group) is 1. The summed E-state index contributed by atoms with van der Waals surface area (Å²) in [4.78, 5) is 25.6. The standard InChI is InChI=1S/C25H28FN7O3/c1-31-13-15(11-28-31)20-12-27-18-6-7-22(29-19-9-17(35-3)10-21(36-4)24(19)26)33(25(18)30-20)14-16-5-8-23(34)32(16)2/h6-7,9-13,16,22,29H,5,8,14H2,1-4H3. The number of carbonyl (C=O) groups excluding carboxylic acids is 1. The number of hydrogen-bond donors (Lipinski definition) is 1. The Morgan fingerprint density at radius 3 is 2.69 bits per heavy atom. The van der Waals surface area contributed by atoms with Crippen LogP contribution in [0.5, 0.6) is 11.5 Å². The third kappa shape index (κ3) is 4.32. The number of hydrogen-bond acceptors (Lipinski definition) is 8. The minimum atomic E-state index is -0.527. The lowest BCUT2D eigenvalue weighted by Gasteiger charge is -2.38. The predicted octanol–water partition coefficient (Wildman–Crippen LogP) is 2.93. The van der Waals surface area contributed by atoms with Crippen molar-refractivity contribution in [2.75, 3.05) is 38.0 Å². The summed E-state index contributed by atoms with van der Waals surface area (Å²) in [6.07, 6.45) is 9.85. The number of rotatable bonds is 7. The number of nitrogens with zero attached hydrogens (tertiary/aromatic N) is 6. The van der Waals surface area contributed by atoms with Crippen LogP contribution in [0.3, 0.4) is 0 Å². The molecule has 11 heteroatoms. The van der Waals surface area contributed by atoms with Crippen LogP contribution in [0.25, 0.3) is 17.3 Å². The Kier molecular flexibility index (Phi) is 6.21. The molecule has 0 radical (unpaired) electrons. The van der Waals surface area contributed by atoms with Gasteiger partial charge in [-0.2, -0.15) is 5.10 Å². The highest BCUT2D eigenvalue weighted by atomic mass is 19.1. The number of methoxy groups -OCH3 is 2. The Bertz CT molecular complexity index is 1320. The van der Waals surface area contributed by atoms with Crippen molar-refractivity contribution in [1.82, 2.24) is 24.6 Å². The molecule has 1 fully saturated rings. The second kappa shape index (κ2) is 9.48. The fourth-order valence-electron chi connectivity index (χ4n) is 4.56. The highest BCUT2D eigenvalue weighted by molar-refractivity contribution is 5.79. The van der Waals surface area contributed by atoms with Gasteiger partial charge in [0.25, 0.3) is 0 Å². The molecular formula is C25H28FN7O3. The molecule has 0 aliphatic carbocycles. The Morgan fingerprint density at radius 2 is 2.03 bits per heavy atom. The van der Waals surface area contributed by atoms with Gasteiger partial charge in [-0.1, -0.05) is 0 Å². The molecule has 0 spiro atoms. The van der Waals surface area contributed by atoms with Gasteiger partial charge in [-0.3, -0.25) is 14.5 Å². The molecule has 1 amide bonds. The molecule has 0 saturated carbocycles. The third-order valence-electron chi connectivity index (χ3n) is 6.64. The van der Waals surface area contributed by atoms with E-state index in [0.717, 1.165) is 12.0 Å². The average molecular weight is 494 g/mol. The van der Waals surface area contributed by atoms with Crippen molar-refractivity contribution >= 4 is 23.5 Å². The summed E-state index contributed by atoms with van der Waals surface area (Å²) >= 11 is 0. The summed E-state index contributed by atoms with van der Waals surface area (Å²) < 4.78 is 27.4. The molecule has 2 atom stereocenters. The first kappa shape index (κ1) is 23.6. The van der Waals surface area contributed by atoms with Crippen molar-refractivity contribution in [1.29, 1.82) is 0 Å². The highest BCUT2D eigenvalue weighted by Crippen LogP contribution is 2.35. The molecule has 10 nitrogen and oxygen atoms in total. The molecule has 2 unspecified atom stereocenters. The minimum absolute atomic E-state index is 0.0188. The zero-order valence-electron chi connectivity index (χ0n) is 20.6. The molecule has 3 aromatic rings. The summed E-state index contributed by atoms with van der Waals surface area (Å²) in [5.74, 6) is 0.752. The van der Waals surface area contributed by atoms with Gasteiger partial charge in [0.15, 0.2) is 17.4 Å². The van der Waals surface area contributed by atoms with Crippen LogP contribution in [0.2, 0.25) is 0 Å². The van der Waals surface area contributed by atoms with Crippen molar-refractivity contribution in [2.45, 2.75) is 25.0 Å². The number of benzene rings is 1. The Hall–Kier alpha value is -4.15. The van der Waals surface area contributed by atoms with Crippen molar-refractivity contribution in [3.05, 3.63) is 48.3 Å². The summed E-state index contributed by atoms with van der Waals surface area (Å²) in [5, 5.41) is 7.51. The highest BCUT2D eigenvalue weighted by Gasteiger charge is 2.34. The van der Waals surface area contributed by atoms with Gasteiger partial charge in [0.2, 0.25) is 5.91 Å². The summed E-state index contributed by atoms with van der Waals surface area (Å²) in [6.45, 7) is 0.491. The first-order chi connectivity index (χ1) is 17.4. The molecular weight excluding hydrogens is 465 g/mol. The smallest absolute Gasteiger partial charge is 0.222 e. The third-order valence-corrected chi connectivity index (χ3v) is 6.64. The van der Waals surface area contributed by atoms with Crippen molar-refractivity contribution in [3.63, 3.8) is 0 Å². The van der Waals surface area contributed by atoms with Crippen LogP contribution in [-0.2, 0) is 11.8 Å². The molecule has 188 valence electrons. The minimum Gasteiger partial charge on any atom is -0.497 e. The first-order valence-electron chi connectivity index (χ1n) is 11.6. The van der Waals surface area contributed by atoms with E-state index >= 15 is 4.39 Å². The number of nitrogens with one attached hydrogen (secondary N) is 1. The van der Waals surface area contributed by atoms with Crippen LogP contribution in [-0.4, -0.2) is 70.6 Å². The van der Waals surface area contributed by atoms with Crippen LogP contribution in [0.15, 0.2) is 36.8 Å². The number of fused-ring (bicyclic) bond motifs is 1. The SMILES string of the molecule is COc1cc(NC2C=Cc3ncc(-c4cnn(C)c4)nc3N2CC2CCC(=O)N2C)c(F)c(OC)c1. The molecule has 36 heavy (non-hydrogen) atoms. The van der Waals surface area contributed by atoms with Gasteiger partial charge in [-0.25, -0.2) is 9.37 Å². The predicted molar refractivity (Wildman–Crippen MR) is 133 cm³/mol. The number of anilines is 2. The monoisotopic (exact) mass is 493 g/mol. The number of halogens is 1. The molecule has 2 aromatic heterocycles. The normalized spacial score (nSPS) is 19.0. The van der Waals surface area contributed by atoms with E-state index < -0.39 is 12.0 Å². The number of aromatic nitrogens is 4. The maximum absolute atomic E-state index is 15.2. The van der Waals surface area contributed by atoms with Crippen LogP contribution in [0.1, 0.15) is 18.5 Å². The van der Waals surface area contributed by atoms with Gasteiger partial charge in [-0.05, 0) is 18.6 Å². The number of aryl methyl sites for hydroxylation is 1. The average Bonchev–Trinajstić information content (AvgIpc) is 3.46. The van der Waals surface area contributed by atoms with E-state index in [9.17, 15) is 4.79 Å². The summed E-state index contributed by atoms with van der Waals surface area (Å²) in [7, 11) is 6.58. The first-order valence-corrected chi connectivity index (χ1v) is 11.6. The molecule has 5 rings (SSSR count). The quantitative estimate of drug-likeness (QED) is 0.537. The topological polar surface area (TPSA) is 97.6 Å². The van der Waals surface area contributed by atoms with Gasteiger partial charge in [0, 0.05) is 57.0 Å². The van der Waals surface area contributed by atoms with E-state index in [1.165, 1.54) is 20.3 Å². The molecule has 4 heterocycles. The lowest BCUT2D eigenvalue weighted by Crippen LogP contribution is -2.49. The van der Waals surface area contributed by atoms with Crippen molar-refractivity contribution in [3.8, 4) is 22.8 Å². The van der Waals surface area contributed by atoms with Crippen LogP contribution in [0, 0.1) is 5.82 Å². The van der Waals surface area contributed by atoms with Gasteiger partial charge in [-0.15, -0.1) is 0 Å². The largest absolute Gasteiger partial charge is 0.497 e. The lowest BCUT2D eigenvalue weighted by molar-refractivity contribution is -0.127. The second-order valence-electron chi connectivity index (χ2n) is 8.86. The van der Waals surface area contributed by atoms with E-state index in [1.54, 1.807) is 28.0 Å². The van der Waals surface area contributed by atoms with Crippen LogP contribution >= 0.6 is 0 Å². The van der Waals surface area contributed by atoms with Crippen LogP contribution in [0.4, 0.5) is 15.9 Å². The molecule has 1 N–H and O–H groups in total. The number of amides is 1. The van der Waals surface area contributed by atoms with E-state index in [4.69, 9.17) is 14.5 Å². The lowest BCUT2D eigenvalue weighted by atomic mass is 10.1. The number of likely N-dealkylation sites (tertiary alicyclic amines) is 1. The van der Waals surface area contributed by atoms with E-state index in [-0.39, 0.29) is 23.4 Å². The molecule has 2 aliphatic rings. The van der Waals surface area contributed by atoms with E-state index in [0.29, 0.717) is 35.9 Å². The maximum atomic E-state index is 15.2. The van der Waals surface area contributed by atoms with E-state index in [2.05, 4.69) is 15.4 Å². The van der Waals surface area contributed by atoms with Gasteiger partial charge >= 0.3 is 0 Å². The molecule has 2 aliphatic heterocycles. The Balaban J connectivity index is 1.54. The maximum Gasteiger partial charge on any atom is 0.222 e.